The summed E-state index contributed by atoms with van der Waals surface area (Å²) in [7, 11) is 0. The minimum absolute atomic E-state index is 1.000. The molecule has 0 saturated carbocycles. The second-order valence-corrected chi connectivity index (χ2v) is 3.02. The fourth-order valence-electron chi connectivity index (χ4n) is 0.0962. The van der Waals surface area contributed by atoms with E-state index in [0.717, 1.165) is 5.25 Å². The fourth-order valence-corrected chi connectivity index (χ4v) is 0.289. The van der Waals surface area contributed by atoms with Crippen LogP contribution < -0.4 is 0 Å². The Kier molecular flexibility index (Phi) is 4.31. The van der Waals surface area contributed by atoms with Crippen molar-refractivity contribution >= 4 is 11.8 Å². The summed E-state index contributed by atoms with van der Waals surface area (Å²) in [5, 5.41) is 1.000. The van der Waals surface area contributed by atoms with Crippen molar-refractivity contribution in [3.05, 3.63) is 12.7 Å². The molecule has 0 aliphatic carbocycles. The second kappa shape index (κ2) is 4.25. The molecule has 0 radical (unpaired) electrons. The predicted octanol–water partition coefficient (Wildman–Crippen LogP) is 2.31. The van der Waals surface area contributed by atoms with Crippen LogP contribution in [0.5, 0.6) is 0 Å². The third-order valence-corrected chi connectivity index (χ3v) is 1.50. The highest BCUT2D eigenvalue weighted by molar-refractivity contribution is 8.06. The Morgan fingerprint density at radius 2 is 2.00 bits per heavy atom. The van der Waals surface area contributed by atoms with Gasteiger partial charge in [0.05, 0.1) is 0 Å². The van der Waals surface area contributed by atoms with Gasteiger partial charge in [0, 0.05) is 11.0 Å². The quantitative estimate of drug-likeness (QED) is 0.346. The minimum atomic E-state index is 1.000. The summed E-state index contributed by atoms with van der Waals surface area (Å²) in [4.78, 5) is 0. The summed E-state index contributed by atoms with van der Waals surface area (Å²) >= 11 is 2.02. The van der Waals surface area contributed by atoms with Gasteiger partial charge in [-0.15, -0.1) is 6.58 Å². The average Bonchev–Trinajstić information content (AvgIpc) is 2.25. The van der Waals surface area contributed by atoms with Crippen molar-refractivity contribution in [3.8, 4) is 0 Å². The van der Waals surface area contributed by atoms with Gasteiger partial charge in [-0.3, -0.25) is 0 Å². The zero-order chi connectivity index (χ0) is 5.70. The van der Waals surface area contributed by atoms with E-state index in [1.807, 2.05) is 18.7 Å². The van der Waals surface area contributed by atoms with Crippen molar-refractivity contribution in [2.75, 3.05) is 5.75 Å². The first-order chi connectivity index (χ1) is 3.31. The molecule has 1 fully saturated rings. The van der Waals surface area contributed by atoms with Crippen molar-refractivity contribution in [2.45, 2.75) is 19.1 Å². The molecular weight excluding hydrogens is 104 g/mol. The Bertz CT molecular complexity index is 46.1. The lowest BCUT2D eigenvalue weighted by Crippen LogP contribution is -1.57. The monoisotopic (exact) mass is 116 g/mol. The molecule has 0 nitrogen and oxygen atoms in total. The summed E-state index contributed by atoms with van der Waals surface area (Å²) in [5.74, 6) is 1.40. The number of hydrogen-bond donors (Lipinski definition) is 0. The van der Waals surface area contributed by atoms with Gasteiger partial charge in [0.2, 0.25) is 0 Å². The van der Waals surface area contributed by atoms with E-state index in [4.69, 9.17) is 0 Å². The van der Waals surface area contributed by atoms with Gasteiger partial charge in [-0.05, 0) is 6.92 Å². The van der Waals surface area contributed by atoms with E-state index < -0.39 is 0 Å². The van der Waals surface area contributed by atoms with E-state index >= 15 is 0 Å². The SMILES string of the molecule is C=CC.CC1CS1. The van der Waals surface area contributed by atoms with E-state index in [0.29, 0.717) is 0 Å². The minimum Gasteiger partial charge on any atom is -0.157 e. The first kappa shape index (κ1) is 7.09. The molecule has 0 aromatic carbocycles. The summed E-state index contributed by atoms with van der Waals surface area (Å²) in [6, 6.07) is 0. The van der Waals surface area contributed by atoms with Gasteiger partial charge < -0.3 is 0 Å². The molecule has 0 spiro atoms. The molecule has 1 heterocycles. The van der Waals surface area contributed by atoms with Crippen molar-refractivity contribution < 1.29 is 0 Å². The second-order valence-electron chi connectivity index (χ2n) is 1.55. The predicted molar refractivity (Wildman–Crippen MR) is 37.8 cm³/mol. The molecule has 1 heteroatoms. The van der Waals surface area contributed by atoms with Gasteiger partial charge in [-0.25, -0.2) is 0 Å². The molecule has 0 amide bonds. The first-order valence-electron chi connectivity index (χ1n) is 2.50. The Balaban J connectivity index is 0.000000110. The Morgan fingerprint density at radius 1 is 1.86 bits per heavy atom. The third kappa shape index (κ3) is 10.7. The topological polar surface area (TPSA) is 0 Å². The van der Waals surface area contributed by atoms with E-state index in [2.05, 4.69) is 13.5 Å². The average molecular weight is 116 g/mol. The van der Waals surface area contributed by atoms with Crippen LogP contribution in [0.3, 0.4) is 0 Å². The highest BCUT2D eigenvalue weighted by atomic mass is 32.2. The van der Waals surface area contributed by atoms with Gasteiger partial charge in [0.25, 0.3) is 0 Å². The van der Waals surface area contributed by atoms with Crippen LogP contribution >= 0.6 is 11.8 Å². The fraction of sp³-hybridized carbons (Fsp3) is 0.667. The lowest BCUT2D eigenvalue weighted by molar-refractivity contribution is 1.25. The largest absolute Gasteiger partial charge is 0.157 e. The van der Waals surface area contributed by atoms with Crippen LogP contribution in [0.2, 0.25) is 0 Å². The maximum Gasteiger partial charge on any atom is 0.0110 e. The molecule has 42 valence electrons. The van der Waals surface area contributed by atoms with Gasteiger partial charge in [0.1, 0.15) is 0 Å². The highest BCUT2D eigenvalue weighted by Crippen LogP contribution is 2.28. The molecule has 7 heavy (non-hydrogen) atoms. The van der Waals surface area contributed by atoms with Gasteiger partial charge >= 0.3 is 0 Å². The molecule has 1 unspecified atom stereocenters. The van der Waals surface area contributed by atoms with E-state index in [9.17, 15) is 0 Å². The van der Waals surface area contributed by atoms with Crippen molar-refractivity contribution in [1.29, 1.82) is 0 Å². The van der Waals surface area contributed by atoms with Crippen LogP contribution in [0.25, 0.3) is 0 Å². The zero-order valence-electron chi connectivity index (χ0n) is 4.98. The van der Waals surface area contributed by atoms with E-state index in [1.54, 1.807) is 6.08 Å². The van der Waals surface area contributed by atoms with Crippen molar-refractivity contribution in [1.82, 2.24) is 0 Å². The molecule has 0 aromatic heterocycles. The molecule has 1 rings (SSSR count). The third-order valence-electron chi connectivity index (χ3n) is 0.500. The number of allylic oxidation sites excluding steroid dienone is 1. The molecule has 1 aliphatic rings. The number of hydrogen-bond acceptors (Lipinski definition) is 1. The van der Waals surface area contributed by atoms with Crippen LogP contribution in [-0.2, 0) is 0 Å². The number of rotatable bonds is 0. The maximum atomic E-state index is 3.36. The lowest BCUT2D eigenvalue weighted by atomic mass is 10.6. The zero-order valence-corrected chi connectivity index (χ0v) is 5.79. The van der Waals surface area contributed by atoms with Crippen molar-refractivity contribution in [3.63, 3.8) is 0 Å². The molecule has 1 aliphatic heterocycles. The first-order valence-corrected chi connectivity index (χ1v) is 3.54. The van der Waals surface area contributed by atoms with Crippen LogP contribution in [-0.4, -0.2) is 11.0 Å². The molecule has 1 saturated heterocycles. The normalized spacial score (nSPS) is 24.6. The summed E-state index contributed by atoms with van der Waals surface area (Å²) in [6.07, 6.45) is 1.75. The Labute approximate surface area is 50.0 Å². The molecule has 0 bridgehead atoms. The lowest BCUT2D eigenvalue weighted by Gasteiger charge is -1.50. The molecule has 0 N–H and O–H groups in total. The van der Waals surface area contributed by atoms with Crippen LogP contribution in [0.15, 0.2) is 12.7 Å². The van der Waals surface area contributed by atoms with Crippen LogP contribution in [0, 0.1) is 0 Å². The molecule has 1 atom stereocenters. The number of thioether (sulfide) groups is 1. The smallest absolute Gasteiger partial charge is 0.0110 e. The van der Waals surface area contributed by atoms with E-state index in [-0.39, 0.29) is 0 Å². The van der Waals surface area contributed by atoms with Gasteiger partial charge in [-0.1, -0.05) is 13.0 Å². The standard InChI is InChI=1S/C3H6S.C3H6/c1-3-2-4-3;1-3-2/h3H,2H2,1H3;3H,1H2,2H3. The van der Waals surface area contributed by atoms with Gasteiger partial charge in [-0.2, -0.15) is 11.8 Å². The molecule has 0 aromatic rings. The highest BCUT2D eigenvalue weighted by Gasteiger charge is 2.13. The van der Waals surface area contributed by atoms with Crippen LogP contribution in [0.1, 0.15) is 13.8 Å². The summed E-state index contributed by atoms with van der Waals surface area (Å²) in [6.45, 7) is 7.49. The summed E-state index contributed by atoms with van der Waals surface area (Å²) in [5.41, 5.74) is 0. The molecular formula is C6H12S. The van der Waals surface area contributed by atoms with Crippen LogP contribution in [0.4, 0.5) is 0 Å². The maximum absolute atomic E-state index is 3.36. The van der Waals surface area contributed by atoms with Crippen molar-refractivity contribution in [2.24, 2.45) is 0 Å². The summed E-state index contributed by atoms with van der Waals surface area (Å²) < 4.78 is 0. The Morgan fingerprint density at radius 3 is 2.00 bits per heavy atom. The van der Waals surface area contributed by atoms with Gasteiger partial charge in [0.15, 0.2) is 0 Å². The Hall–Kier alpha value is 0.0900. The van der Waals surface area contributed by atoms with E-state index in [1.165, 1.54) is 5.75 Å².